The maximum absolute atomic E-state index is 12.2. The molecule has 0 saturated carbocycles. The Bertz CT molecular complexity index is 687. The Morgan fingerprint density at radius 3 is 2.19 bits per heavy atom. The van der Waals surface area contributed by atoms with Crippen LogP contribution in [0.15, 0.2) is 29.3 Å². The lowest BCUT2D eigenvalue weighted by molar-refractivity contribution is -0.130. The third-order valence-electron chi connectivity index (χ3n) is 5.92. The summed E-state index contributed by atoms with van der Waals surface area (Å²) >= 11 is 0. The van der Waals surface area contributed by atoms with Crippen LogP contribution < -0.4 is 10.6 Å². The molecule has 182 valence electrons. The van der Waals surface area contributed by atoms with Crippen LogP contribution in [-0.4, -0.2) is 85.5 Å². The topological polar surface area (TPSA) is 63.2 Å². The van der Waals surface area contributed by atoms with Crippen molar-refractivity contribution in [1.29, 1.82) is 0 Å². The smallest absolute Gasteiger partial charge is 0.224 e. The largest absolute Gasteiger partial charge is 0.357 e. The number of rotatable bonds is 11. The Balaban J connectivity index is 0.00000512. The van der Waals surface area contributed by atoms with Crippen molar-refractivity contribution in [3.05, 3.63) is 35.4 Å². The molecule has 1 amide bonds. The minimum Gasteiger partial charge on any atom is -0.357 e. The van der Waals surface area contributed by atoms with E-state index in [0.717, 1.165) is 64.9 Å². The minimum absolute atomic E-state index is 0. The lowest BCUT2D eigenvalue weighted by Crippen LogP contribution is -2.45. The average Bonchev–Trinajstić information content (AvgIpc) is 2.79. The molecule has 0 spiro atoms. The molecule has 0 radical (unpaired) electrons. The summed E-state index contributed by atoms with van der Waals surface area (Å²) in [6, 6.07) is 8.61. The van der Waals surface area contributed by atoms with Crippen LogP contribution in [0, 0.1) is 0 Å². The van der Waals surface area contributed by atoms with Gasteiger partial charge in [0.25, 0.3) is 0 Å². The number of hydrogen-bond acceptors (Lipinski definition) is 4. The zero-order chi connectivity index (χ0) is 22.5. The molecule has 0 bridgehead atoms. The van der Waals surface area contributed by atoms with E-state index in [1.165, 1.54) is 11.1 Å². The predicted octanol–water partition coefficient (Wildman–Crippen LogP) is 2.76. The molecule has 7 nitrogen and oxygen atoms in total. The highest BCUT2D eigenvalue weighted by atomic mass is 127. The number of halogens is 1. The van der Waals surface area contributed by atoms with E-state index in [2.05, 4.69) is 58.5 Å². The molecule has 0 unspecified atom stereocenters. The minimum atomic E-state index is 0. The van der Waals surface area contributed by atoms with Gasteiger partial charge in [0.05, 0.1) is 6.54 Å². The van der Waals surface area contributed by atoms with E-state index in [4.69, 9.17) is 4.99 Å². The average molecular weight is 559 g/mol. The van der Waals surface area contributed by atoms with Crippen LogP contribution in [0.2, 0.25) is 0 Å². The summed E-state index contributed by atoms with van der Waals surface area (Å²) in [5.74, 6) is 0.947. The molecule has 8 heteroatoms. The Hall–Kier alpha value is -1.39. The van der Waals surface area contributed by atoms with Gasteiger partial charge in [-0.3, -0.25) is 9.69 Å². The zero-order valence-corrected chi connectivity index (χ0v) is 22.7. The number of nitrogens with zero attached hydrogens (tertiary/aromatic N) is 4. The van der Waals surface area contributed by atoms with E-state index in [1.54, 1.807) is 0 Å². The molecule has 1 fully saturated rings. The Morgan fingerprint density at radius 1 is 0.969 bits per heavy atom. The molecule has 1 aliphatic rings. The quantitative estimate of drug-likeness (QED) is 0.249. The fourth-order valence-electron chi connectivity index (χ4n) is 3.90. The molecule has 1 saturated heterocycles. The molecule has 2 N–H and O–H groups in total. The van der Waals surface area contributed by atoms with Crippen molar-refractivity contribution in [2.75, 3.05) is 58.9 Å². The normalized spacial score (nSPS) is 15.2. The molecule has 32 heavy (non-hydrogen) atoms. The van der Waals surface area contributed by atoms with Crippen LogP contribution in [0.1, 0.15) is 45.2 Å². The number of benzene rings is 1. The van der Waals surface area contributed by atoms with Gasteiger partial charge in [-0.05, 0) is 38.4 Å². The molecule has 1 aliphatic heterocycles. The molecule has 2 rings (SSSR count). The van der Waals surface area contributed by atoms with Gasteiger partial charge in [-0.2, -0.15) is 0 Å². The van der Waals surface area contributed by atoms with E-state index < -0.39 is 0 Å². The van der Waals surface area contributed by atoms with E-state index in [0.29, 0.717) is 19.5 Å². The van der Waals surface area contributed by atoms with Crippen molar-refractivity contribution in [3.63, 3.8) is 0 Å². The molecular weight excluding hydrogens is 515 g/mol. The second-order valence-electron chi connectivity index (χ2n) is 7.92. The maximum atomic E-state index is 12.2. The first kappa shape index (κ1) is 28.6. The second kappa shape index (κ2) is 16.3. The Morgan fingerprint density at radius 2 is 1.59 bits per heavy atom. The first-order chi connectivity index (χ1) is 15.1. The van der Waals surface area contributed by atoms with Crippen LogP contribution in [0.4, 0.5) is 0 Å². The predicted molar refractivity (Wildman–Crippen MR) is 145 cm³/mol. The third kappa shape index (κ3) is 9.62. The molecule has 0 atom stereocenters. The SMILES string of the molecule is CCNC(=NCc1ccccc1CN1CCN(CC)CC1)NCCC(=O)N(CC)CC.I. The first-order valence-electron chi connectivity index (χ1n) is 11.9. The lowest BCUT2D eigenvalue weighted by atomic mass is 10.1. The molecular formula is C24H43IN6O. The third-order valence-corrected chi connectivity index (χ3v) is 5.92. The Kier molecular flexibility index (Phi) is 14.6. The van der Waals surface area contributed by atoms with Gasteiger partial charge in [0, 0.05) is 65.3 Å². The van der Waals surface area contributed by atoms with Gasteiger partial charge in [0.15, 0.2) is 5.96 Å². The maximum Gasteiger partial charge on any atom is 0.224 e. The number of aliphatic imine (C=N–C) groups is 1. The number of carbonyl (C=O) groups is 1. The highest BCUT2D eigenvalue weighted by molar-refractivity contribution is 14.0. The van der Waals surface area contributed by atoms with E-state index in [-0.39, 0.29) is 29.9 Å². The van der Waals surface area contributed by atoms with Gasteiger partial charge in [0.2, 0.25) is 5.91 Å². The summed E-state index contributed by atoms with van der Waals surface area (Å²) in [5.41, 5.74) is 2.61. The van der Waals surface area contributed by atoms with Crippen LogP contribution in [0.3, 0.4) is 0 Å². The summed E-state index contributed by atoms with van der Waals surface area (Å²) in [6.07, 6.45) is 0.479. The van der Waals surface area contributed by atoms with Gasteiger partial charge in [-0.15, -0.1) is 24.0 Å². The van der Waals surface area contributed by atoms with Crippen molar-refractivity contribution in [3.8, 4) is 0 Å². The number of carbonyl (C=O) groups excluding carboxylic acids is 1. The molecule has 0 aliphatic carbocycles. The van der Waals surface area contributed by atoms with Gasteiger partial charge in [-0.25, -0.2) is 4.99 Å². The molecule has 1 aromatic carbocycles. The molecule has 1 heterocycles. The summed E-state index contributed by atoms with van der Waals surface area (Å²) < 4.78 is 0. The second-order valence-corrected chi connectivity index (χ2v) is 7.92. The number of piperazine rings is 1. The molecule has 0 aromatic heterocycles. The van der Waals surface area contributed by atoms with Crippen LogP contribution >= 0.6 is 24.0 Å². The van der Waals surface area contributed by atoms with Crippen molar-refractivity contribution >= 4 is 35.8 Å². The number of likely N-dealkylation sites (N-methyl/N-ethyl adjacent to an activating group) is 1. The van der Waals surface area contributed by atoms with Gasteiger partial charge < -0.3 is 20.4 Å². The highest BCUT2D eigenvalue weighted by Crippen LogP contribution is 2.14. The molecule has 1 aromatic rings. The van der Waals surface area contributed by atoms with Gasteiger partial charge in [0.1, 0.15) is 0 Å². The van der Waals surface area contributed by atoms with Crippen molar-refractivity contribution in [1.82, 2.24) is 25.3 Å². The first-order valence-corrected chi connectivity index (χ1v) is 11.9. The fraction of sp³-hybridized carbons (Fsp3) is 0.667. The van der Waals surface area contributed by atoms with Crippen molar-refractivity contribution in [2.45, 2.75) is 47.2 Å². The number of amides is 1. The monoisotopic (exact) mass is 558 g/mol. The highest BCUT2D eigenvalue weighted by Gasteiger charge is 2.16. The fourth-order valence-corrected chi connectivity index (χ4v) is 3.90. The van der Waals surface area contributed by atoms with Crippen molar-refractivity contribution < 1.29 is 4.79 Å². The van der Waals surface area contributed by atoms with Crippen LogP contribution in [0.25, 0.3) is 0 Å². The van der Waals surface area contributed by atoms with Crippen LogP contribution in [-0.2, 0) is 17.9 Å². The van der Waals surface area contributed by atoms with E-state index in [1.807, 2.05) is 18.7 Å². The van der Waals surface area contributed by atoms with Crippen LogP contribution in [0.5, 0.6) is 0 Å². The Labute approximate surface area is 212 Å². The number of guanidine groups is 1. The zero-order valence-electron chi connectivity index (χ0n) is 20.4. The van der Waals surface area contributed by atoms with Gasteiger partial charge in [-0.1, -0.05) is 31.2 Å². The summed E-state index contributed by atoms with van der Waals surface area (Å²) in [4.78, 5) is 23.9. The van der Waals surface area contributed by atoms with Gasteiger partial charge >= 0.3 is 0 Å². The number of nitrogens with one attached hydrogen (secondary N) is 2. The summed E-state index contributed by atoms with van der Waals surface area (Å²) in [5, 5.41) is 6.61. The standard InChI is InChI=1S/C24H42N6O.HI/c1-5-25-24(26-14-13-23(31)30(7-3)8-4)27-19-21-11-9-10-12-22(21)20-29-17-15-28(6-2)16-18-29;/h9-12H,5-8,13-20H2,1-4H3,(H2,25,26,27);1H. The van der Waals surface area contributed by atoms with Crippen molar-refractivity contribution in [2.24, 2.45) is 4.99 Å². The van der Waals surface area contributed by atoms with E-state index >= 15 is 0 Å². The van der Waals surface area contributed by atoms with E-state index in [9.17, 15) is 4.79 Å². The summed E-state index contributed by atoms with van der Waals surface area (Å²) in [7, 11) is 0. The summed E-state index contributed by atoms with van der Waals surface area (Å²) in [6.45, 7) is 18.5. The lowest BCUT2D eigenvalue weighted by Gasteiger charge is -2.34. The number of hydrogen-bond donors (Lipinski definition) is 2.